The SMILES string of the molecule is CCN1CC2(O)CCC(O)C34C5CC6C(OC)CC(O)(C(CC23)C14)C5C6OC. The molecule has 12 atom stereocenters. The Balaban J connectivity index is 1.59. The second-order valence-electron chi connectivity index (χ2n) is 10.8. The van der Waals surface area contributed by atoms with Crippen molar-refractivity contribution < 1.29 is 24.8 Å². The molecule has 6 rings (SSSR count). The molecule has 12 unspecified atom stereocenters. The molecule has 6 nitrogen and oxygen atoms in total. The molecule has 3 N–H and O–H groups in total. The largest absolute Gasteiger partial charge is 0.392 e. The topological polar surface area (TPSA) is 82.4 Å². The lowest BCUT2D eigenvalue weighted by Gasteiger charge is -2.68. The van der Waals surface area contributed by atoms with Crippen LogP contribution in [0.1, 0.15) is 39.0 Å². The van der Waals surface area contributed by atoms with Crippen LogP contribution in [0.15, 0.2) is 0 Å². The van der Waals surface area contributed by atoms with Crippen LogP contribution in [0.4, 0.5) is 0 Å². The zero-order valence-corrected chi connectivity index (χ0v) is 17.3. The highest BCUT2D eigenvalue weighted by Gasteiger charge is 2.83. The molecule has 0 amide bonds. The maximum absolute atomic E-state index is 12.3. The molecule has 1 saturated heterocycles. The predicted molar refractivity (Wildman–Crippen MR) is 102 cm³/mol. The minimum absolute atomic E-state index is 0.00139. The number of piperidine rings is 1. The van der Waals surface area contributed by atoms with Crippen molar-refractivity contribution in [3.8, 4) is 0 Å². The smallest absolute Gasteiger partial charge is 0.0810 e. The fraction of sp³-hybridized carbons (Fsp3) is 1.00. The first-order valence-electron chi connectivity index (χ1n) is 11.3. The van der Waals surface area contributed by atoms with Crippen molar-refractivity contribution in [3.63, 3.8) is 0 Å². The Kier molecular flexibility index (Phi) is 3.65. The third-order valence-electron chi connectivity index (χ3n) is 10.5. The number of rotatable bonds is 3. The third-order valence-corrected chi connectivity index (χ3v) is 10.5. The third kappa shape index (κ3) is 1.72. The first kappa shape index (κ1) is 18.5. The number of hydrogen-bond acceptors (Lipinski definition) is 6. The molecule has 6 fully saturated rings. The zero-order valence-electron chi connectivity index (χ0n) is 17.3. The molecular formula is C22H35NO5. The summed E-state index contributed by atoms with van der Waals surface area (Å²) >= 11 is 0. The zero-order chi connectivity index (χ0) is 19.6. The Bertz CT molecular complexity index is 690. The minimum atomic E-state index is -0.843. The summed E-state index contributed by atoms with van der Waals surface area (Å²) in [5, 5.41) is 35.6. The highest BCUT2D eigenvalue weighted by Crippen LogP contribution is 2.77. The quantitative estimate of drug-likeness (QED) is 0.653. The summed E-state index contributed by atoms with van der Waals surface area (Å²) in [6.07, 6.45) is 3.31. The summed E-state index contributed by atoms with van der Waals surface area (Å²) in [6.45, 7) is 3.69. The van der Waals surface area contributed by atoms with E-state index in [1.807, 2.05) is 0 Å². The van der Waals surface area contributed by atoms with Crippen molar-refractivity contribution in [2.45, 2.75) is 74.6 Å². The van der Waals surface area contributed by atoms with Crippen molar-refractivity contribution >= 4 is 0 Å². The van der Waals surface area contributed by atoms with Crippen molar-refractivity contribution in [1.29, 1.82) is 0 Å². The number of aliphatic hydroxyl groups excluding tert-OH is 1. The van der Waals surface area contributed by atoms with Gasteiger partial charge in [-0.15, -0.1) is 0 Å². The Hall–Kier alpha value is -0.240. The first-order valence-corrected chi connectivity index (χ1v) is 11.3. The van der Waals surface area contributed by atoms with E-state index >= 15 is 0 Å². The van der Waals surface area contributed by atoms with Crippen molar-refractivity contribution in [1.82, 2.24) is 4.90 Å². The first-order chi connectivity index (χ1) is 13.4. The predicted octanol–water partition coefficient (Wildman–Crippen LogP) is 0.630. The van der Waals surface area contributed by atoms with E-state index in [1.54, 1.807) is 14.2 Å². The number of β-amino-alcohol motifs (C(OH)–C–C–N with tert-alkyl or cyclic N) is 1. The minimum Gasteiger partial charge on any atom is -0.392 e. The number of aliphatic hydroxyl groups is 3. The molecule has 5 saturated carbocycles. The van der Waals surface area contributed by atoms with Crippen LogP contribution in [-0.2, 0) is 9.47 Å². The molecule has 1 aliphatic heterocycles. The van der Waals surface area contributed by atoms with Crippen LogP contribution in [0, 0.1) is 35.0 Å². The van der Waals surface area contributed by atoms with Gasteiger partial charge in [0.05, 0.1) is 29.5 Å². The molecule has 1 heterocycles. The standard InChI is InChI=1S/C22H35NO5/c1-4-23-10-20(25)6-5-16(24)22-12-7-11-14(27-2)9-21(26,17(12)18(11)28-3)13(19(22)23)8-15(20)22/h11-19,24-26H,4-10H2,1-3H3. The Labute approximate surface area is 167 Å². The highest BCUT2D eigenvalue weighted by molar-refractivity contribution is 5.33. The fourth-order valence-electron chi connectivity index (χ4n) is 9.96. The lowest BCUT2D eigenvalue weighted by atomic mass is 9.45. The normalized spacial score (nSPS) is 64.3. The number of fused-ring (bicyclic) bond motifs is 2. The van der Waals surface area contributed by atoms with Gasteiger partial charge in [-0.2, -0.15) is 0 Å². The molecule has 1 spiro atoms. The summed E-state index contributed by atoms with van der Waals surface area (Å²) < 4.78 is 11.9. The molecule has 7 bridgehead atoms. The number of likely N-dealkylation sites (N-methyl/N-ethyl adjacent to an activating group) is 1. The fourth-order valence-corrected chi connectivity index (χ4v) is 9.96. The number of hydrogen-bond donors (Lipinski definition) is 3. The molecule has 6 aliphatic rings. The number of methoxy groups -OCH3 is 2. The maximum Gasteiger partial charge on any atom is 0.0810 e. The van der Waals surface area contributed by atoms with Gasteiger partial charge in [-0.1, -0.05) is 6.92 Å². The van der Waals surface area contributed by atoms with Crippen LogP contribution in [-0.4, -0.2) is 83.1 Å². The van der Waals surface area contributed by atoms with E-state index in [2.05, 4.69) is 11.8 Å². The van der Waals surface area contributed by atoms with Gasteiger partial charge in [0, 0.05) is 56.4 Å². The molecule has 0 aromatic rings. The second-order valence-corrected chi connectivity index (χ2v) is 10.8. The Morgan fingerprint density at radius 2 is 1.89 bits per heavy atom. The average Bonchev–Trinajstić information content (AvgIpc) is 3.16. The van der Waals surface area contributed by atoms with E-state index in [-0.39, 0.29) is 53.3 Å². The van der Waals surface area contributed by atoms with Crippen LogP contribution in [0.2, 0.25) is 0 Å². The molecule has 5 aliphatic carbocycles. The van der Waals surface area contributed by atoms with E-state index in [0.29, 0.717) is 25.8 Å². The Morgan fingerprint density at radius 3 is 2.57 bits per heavy atom. The van der Waals surface area contributed by atoms with E-state index in [0.717, 1.165) is 19.4 Å². The molecular weight excluding hydrogens is 358 g/mol. The van der Waals surface area contributed by atoms with Gasteiger partial charge in [-0.05, 0) is 44.1 Å². The summed E-state index contributed by atoms with van der Waals surface area (Å²) in [5.41, 5.74) is -1.90. The second kappa shape index (κ2) is 5.51. The number of ether oxygens (including phenoxy) is 2. The van der Waals surface area contributed by atoms with Gasteiger partial charge in [-0.25, -0.2) is 0 Å². The van der Waals surface area contributed by atoms with Gasteiger partial charge in [0.2, 0.25) is 0 Å². The lowest BCUT2D eigenvalue weighted by Crippen LogP contribution is -2.77. The monoisotopic (exact) mass is 393 g/mol. The lowest BCUT2D eigenvalue weighted by molar-refractivity contribution is -0.281. The van der Waals surface area contributed by atoms with Gasteiger partial charge in [-0.3, -0.25) is 4.90 Å². The molecule has 28 heavy (non-hydrogen) atoms. The van der Waals surface area contributed by atoms with Crippen LogP contribution in [0.3, 0.4) is 0 Å². The van der Waals surface area contributed by atoms with Gasteiger partial charge in [0.1, 0.15) is 0 Å². The van der Waals surface area contributed by atoms with Crippen LogP contribution in [0.5, 0.6) is 0 Å². The highest BCUT2D eigenvalue weighted by atomic mass is 16.5. The number of likely N-dealkylation sites (tertiary alicyclic amines) is 1. The molecule has 0 radical (unpaired) electrons. The summed E-state index contributed by atoms with van der Waals surface area (Å²) in [5.74, 6) is 0.622. The van der Waals surface area contributed by atoms with E-state index < -0.39 is 17.3 Å². The van der Waals surface area contributed by atoms with Crippen molar-refractivity contribution in [2.24, 2.45) is 35.0 Å². The number of nitrogens with zero attached hydrogens (tertiary/aromatic N) is 1. The molecule has 0 aromatic heterocycles. The van der Waals surface area contributed by atoms with E-state index in [1.165, 1.54) is 0 Å². The van der Waals surface area contributed by atoms with Gasteiger partial charge < -0.3 is 24.8 Å². The van der Waals surface area contributed by atoms with Gasteiger partial charge in [0.25, 0.3) is 0 Å². The molecule has 158 valence electrons. The summed E-state index contributed by atoms with van der Waals surface area (Å²) in [6, 6.07) is 0.149. The van der Waals surface area contributed by atoms with Crippen LogP contribution < -0.4 is 0 Å². The molecule has 6 heteroatoms. The van der Waals surface area contributed by atoms with Crippen molar-refractivity contribution in [3.05, 3.63) is 0 Å². The van der Waals surface area contributed by atoms with Crippen molar-refractivity contribution in [2.75, 3.05) is 27.3 Å². The van der Waals surface area contributed by atoms with Crippen LogP contribution >= 0.6 is 0 Å². The Morgan fingerprint density at radius 1 is 1.11 bits per heavy atom. The van der Waals surface area contributed by atoms with Gasteiger partial charge in [0.15, 0.2) is 0 Å². The maximum atomic E-state index is 12.3. The summed E-state index contributed by atoms with van der Waals surface area (Å²) in [4.78, 5) is 2.40. The van der Waals surface area contributed by atoms with E-state index in [9.17, 15) is 15.3 Å². The van der Waals surface area contributed by atoms with Crippen LogP contribution in [0.25, 0.3) is 0 Å². The molecule has 0 aromatic carbocycles. The average molecular weight is 394 g/mol. The van der Waals surface area contributed by atoms with Gasteiger partial charge >= 0.3 is 0 Å². The van der Waals surface area contributed by atoms with E-state index in [4.69, 9.17) is 9.47 Å². The summed E-state index contributed by atoms with van der Waals surface area (Å²) in [7, 11) is 3.52.